The number of hydrogen-bond donors (Lipinski definition) is 1. The minimum Gasteiger partial charge on any atom is -0.461 e. The summed E-state index contributed by atoms with van der Waals surface area (Å²) in [7, 11) is -3.22. The summed E-state index contributed by atoms with van der Waals surface area (Å²) in [6.07, 6.45) is 2.00. The van der Waals surface area contributed by atoms with E-state index >= 15 is 0 Å². The molecule has 0 bridgehead atoms. The van der Waals surface area contributed by atoms with Crippen LogP contribution < -0.4 is 5.32 Å². The molecule has 1 unspecified atom stereocenters. The highest BCUT2D eigenvalue weighted by Gasteiger charge is 2.13. The first-order valence-corrected chi connectivity index (χ1v) is 11.0. The first kappa shape index (κ1) is 19.9. The number of carbonyl (C=O) groups is 1. The molecule has 0 aliphatic heterocycles. The monoisotopic (exact) mass is 397 g/mol. The summed E-state index contributed by atoms with van der Waals surface area (Å²) in [5.41, 5.74) is 1.86. The normalized spacial score (nSPS) is 12.5. The number of nitrogens with one attached hydrogen (secondary N) is 1. The van der Waals surface area contributed by atoms with Crippen LogP contribution in [0.1, 0.15) is 30.7 Å². The van der Waals surface area contributed by atoms with Crippen molar-refractivity contribution in [3.63, 3.8) is 0 Å². The van der Waals surface area contributed by atoms with Crippen molar-refractivity contribution in [2.75, 3.05) is 6.26 Å². The van der Waals surface area contributed by atoms with Gasteiger partial charge in [-0.3, -0.25) is 4.79 Å². The van der Waals surface area contributed by atoms with Crippen LogP contribution >= 0.6 is 0 Å². The summed E-state index contributed by atoms with van der Waals surface area (Å²) in [5.74, 6) is 1.46. The van der Waals surface area contributed by atoms with Gasteiger partial charge in [0.05, 0.1) is 10.9 Å². The lowest BCUT2D eigenvalue weighted by Crippen LogP contribution is -2.26. The zero-order valence-electron chi connectivity index (χ0n) is 15.9. The van der Waals surface area contributed by atoms with E-state index in [1.807, 2.05) is 49.4 Å². The van der Waals surface area contributed by atoms with Gasteiger partial charge in [0, 0.05) is 24.7 Å². The lowest BCUT2D eigenvalue weighted by atomic mass is 10.1. The molecule has 1 heterocycles. The second-order valence-corrected chi connectivity index (χ2v) is 8.78. The fourth-order valence-electron chi connectivity index (χ4n) is 2.91. The van der Waals surface area contributed by atoms with Crippen LogP contribution in [-0.4, -0.2) is 20.6 Å². The van der Waals surface area contributed by atoms with Crippen molar-refractivity contribution in [3.05, 3.63) is 78.1 Å². The Kier molecular flexibility index (Phi) is 5.99. The second-order valence-electron chi connectivity index (χ2n) is 6.76. The number of hydrogen-bond acceptors (Lipinski definition) is 4. The molecule has 2 aromatic carbocycles. The predicted molar refractivity (Wildman–Crippen MR) is 109 cm³/mol. The molecule has 1 atom stereocenters. The third-order valence-corrected chi connectivity index (χ3v) is 5.63. The van der Waals surface area contributed by atoms with Gasteiger partial charge < -0.3 is 9.73 Å². The van der Waals surface area contributed by atoms with E-state index in [1.165, 1.54) is 6.26 Å². The third-order valence-electron chi connectivity index (χ3n) is 4.50. The number of carbonyl (C=O) groups excluding carboxylic acids is 1. The van der Waals surface area contributed by atoms with Gasteiger partial charge in [0.2, 0.25) is 5.91 Å². The average molecular weight is 397 g/mol. The van der Waals surface area contributed by atoms with Crippen LogP contribution in [0.4, 0.5) is 0 Å². The lowest BCUT2D eigenvalue weighted by molar-refractivity contribution is -0.121. The van der Waals surface area contributed by atoms with E-state index in [9.17, 15) is 13.2 Å². The second kappa shape index (κ2) is 8.44. The van der Waals surface area contributed by atoms with Gasteiger partial charge in [-0.1, -0.05) is 42.5 Å². The van der Waals surface area contributed by atoms with Crippen molar-refractivity contribution in [1.29, 1.82) is 0 Å². The van der Waals surface area contributed by atoms with E-state index in [-0.39, 0.29) is 16.8 Å². The fraction of sp³-hybridized carbons (Fsp3) is 0.227. The smallest absolute Gasteiger partial charge is 0.220 e. The number of aryl methyl sites for hydroxylation is 1. The molecule has 1 aromatic heterocycles. The summed E-state index contributed by atoms with van der Waals surface area (Å²) < 4.78 is 28.9. The summed E-state index contributed by atoms with van der Waals surface area (Å²) in [6.45, 7) is 1.87. The molecule has 0 fully saturated rings. The Morgan fingerprint density at radius 2 is 1.68 bits per heavy atom. The molecule has 28 heavy (non-hydrogen) atoms. The van der Waals surface area contributed by atoms with E-state index in [0.717, 1.165) is 22.6 Å². The molecule has 3 rings (SSSR count). The van der Waals surface area contributed by atoms with Crippen molar-refractivity contribution in [2.24, 2.45) is 0 Å². The minimum absolute atomic E-state index is 0.0858. The SMILES string of the molecule is CC(NC(=O)CCc1ccc(-c2ccccc2)o1)c1ccc(S(C)(=O)=O)cc1. The number of sulfone groups is 1. The largest absolute Gasteiger partial charge is 0.461 e. The van der Waals surface area contributed by atoms with Gasteiger partial charge in [-0.25, -0.2) is 8.42 Å². The fourth-order valence-corrected chi connectivity index (χ4v) is 3.54. The maximum atomic E-state index is 12.3. The van der Waals surface area contributed by atoms with E-state index in [4.69, 9.17) is 4.42 Å². The molecule has 6 heteroatoms. The lowest BCUT2D eigenvalue weighted by Gasteiger charge is -2.14. The maximum Gasteiger partial charge on any atom is 0.220 e. The summed E-state index contributed by atoms with van der Waals surface area (Å²) in [5, 5.41) is 2.93. The van der Waals surface area contributed by atoms with Crippen molar-refractivity contribution in [2.45, 2.75) is 30.7 Å². The van der Waals surface area contributed by atoms with E-state index in [0.29, 0.717) is 12.8 Å². The number of benzene rings is 2. The Hall–Kier alpha value is -2.86. The molecule has 0 saturated carbocycles. The van der Waals surface area contributed by atoms with Crippen molar-refractivity contribution in [1.82, 2.24) is 5.32 Å². The highest BCUT2D eigenvalue weighted by atomic mass is 32.2. The Morgan fingerprint density at radius 3 is 2.32 bits per heavy atom. The van der Waals surface area contributed by atoms with E-state index < -0.39 is 9.84 Å². The van der Waals surface area contributed by atoms with Gasteiger partial charge in [0.1, 0.15) is 11.5 Å². The molecular weight excluding hydrogens is 374 g/mol. The first-order chi connectivity index (χ1) is 13.3. The van der Waals surface area contributed by atoms with Crippen LogP contribution in [0, 0.1) is 0 Å². The van der Waals surface area contributed by atoms with Crippen LogP contribution in [0.3, 0.4) is 0 Å². The third kappa shape index (κ3) is 5.10. The predicted octanol–water partition coefficient (Wildman–Crippen LogP) is 4.16. The number of amides is 1. The van der Waals surface area contributed by atoms with E-state index in [2.05, 4.69) is 5.32 Å². The zero-order valence-corrected chi connectivity index (χ0v) is 16.7. The molecule has 0 aliphatic rings. The molecule has 0 spiro atoms. The minimum atomic E-state index is -3.22. The molecule has 1 amide bonds. The Balaban J connectivity index is 1.54. The van der Waals surface area contributed by atoms with Crippen molar-refractivity contribution >= 4 is 15.7 Å². The maximum absolute atomic E-state index is 12.3. The summed E-state index contributed by atoms with van der Waals surface area (Å²) in [4.78, 5) is 12.5. The Labute approximate surface area is 165 Å². The van der Waals surface area contributed by atoms with Crippen LogP contribution in [-0.2, 0) is 21.1 Å². The van der Waals surface area contributed by atoms with Gasteiger partial charge in [-0.05, 0) is 36.8 Å². The molecule has 146 valence electrons. The summed E-state index contributed by atoms with van der Waals surface area (Å²) in [6, 6.07) is 20.0. The van der Waals surface area contributed by atoms with Gasteiger partial charge in [-0.15, -0.1) is 0 Å². The molecule has 0 radical (unpaired) electrons. The van der Waals surface area contributed by atoms with Gasteiger partial charge in [0.15, 0.2) is 9.84 Å². The molecule has 1 N–H and O–H groups in total. The first-order valence-electron chi connectivity index (χ1n) is 9.06. The molecular formula is C22H23NO4S. The highest BCUT2D eigenvalue weighted by molar-refractivity contribution is 7.90. The van der Waals surface area contributed by atoms with Crippen LogP contribution in [0.15, 0.2) is 76.0 Å². The van der Waals surface area contributed by atoms with Crippen LogP contribution in [0.2, 0.25) is 0 Å². The van der Waals surface area contributed by atoms with Gasteiger partial charge in [-0.2, -0.15) is 0 Å². The highest BCUT2D eigenvalue weighted by Crippen LogP contribution is 2.22. The van der Waals surface area contributed by atoms with Crippen molar-refractivity contribution < 1.29 is 17.6 Å². The molecule has 3 aromatic rings. The topological polar surface area (TPSA) is 76.4 Å². The van der Waals surface area contributed by atoms with Crippen molar-refractivity contribution in [3.8, 4) is 11.3 Å². The molecule has 0 aliphatic carbocycles. The Bertz CT molecular complexity index is 1040. The summed E-state index contributed by atoms with van der Waals surface area (Å²) >= 11 is 0. The van der Waals surface area contributed by atoms with Gasteiger partial charge in [0.25, 0.3) is 0 Å². The van der Waals surface area contributed by atoms with E-state index in [1.54, 1.807) is 24.3 Å². The average Bonchev–Trinajstić information content (AvgIpc) is 3.15. The van der Waals surface area contributed by atoms with Crippen LogP contribution in [0.5, 0.6) is 0 Å². The number of furan rings is 1. The molecule has 5 nitrogen and oxygen atoms in total. The quantitative estimate of drug-likeness (QED) is 0.649. The Morgan fingerprint density at radius 1 is 1.00 bits per heavy atom. The zero-order chi connectivity index (χ0) is 20.1. The van der Waals surface area contributed by atoms with Crippen LogP contribution in [0.25, 0.3) is 11.3 Å². The number of rotatable bonds is 7. The van der Waals surface area contributed by atoms with Gasteiger partial charge >= 0.3 is 0 Å². The molecule has 0 saturated heterocycles. The standard InChI is InChI=1S/C22H23NO4S/c1-16(17-8-12-20(13-9-17)28(2,25)26)23-22(24)15-11-19-10-14-21(27-19)18-6-4-3-5-7-18/h3-10,12-14,16H,11,15H2,1-2H3,(H,23,24).